The molecule has 0 spiro atoms. The van der Waals surface area contributed by atoms with E-state index < -0.39 is 17.3 Å². The van der Waals surface area contributed by atoms with Crippen LogP contribution in [0.15, 0.2) is 23.9 Å². The van der Waals surface area contributed by atoms with E-state index in [4.69, 9.17) is 11.6 Å². The largest absolute Gasteiger partial charge is 0.417 e. The molecule has 1 nitrogen and oxygen atoms in total. The van der Waals surface area contributed by atoms with Crippen molar-refractivity contribution in [3.8, 4) is 0 Å². The molecule has 0 bridgehead atoms. The Morgan fingerprint density at radius 3 is 2.50 bits per heavy atom. The number of rotatable bonds is 0. The molecule has 68 valence electrons. The summed E-state index contributed by atoms with van der Waals surface area (Å²) in [5, 5.41) is 0. The van der Waals surface area contributed by atoms with Gasteiger partial charge in [0.2, 0.25) is 0 Å². The highest BCUT2D eigenvalue weighted by molar-refractivity contribution is 6.21. The van der Waals surface area contributed by atoms with Crippen LogP contribution in [0, 0.1) is 0 Å². The van der Waals surface area contributed by atoms with Gasteiger partial charge >= 0.3 is 6.18 Å². The Morgan fingerprint density at radius 1 is 1.50 bits per heavy atom. The second-order valence-corrected chi connectivity index (χ2v) is 2.93. The highest BCUT2D eigenvalue weighted by atomic mass is 35.5. The normalized spacial score (nSPS) is 24.2. The van der Waals surface area contributed by atoms with E-state index in [1.807, 2.05) is 0 Å². The summed E-state index contributed by atoms with van der Waals surface area (Å²) >= 11 is 5.61. The first-order chi connectivity index (χ1) is 5.41. The maximum absolute atomic E-state index is 12.1. The molecule has 0 amide bonds. The van der Waals surface area contributed by atoms with Gasteiger partial charge < -0.3 is 4.90 Å². The third-order valence-electron chi connectivity index (χ3n) is 1.49. The highest BCUT2D eigenvalue weighted by Gasteiger charge is 2.33. The third-order valence-corrected chi connectivity index (χ3v) is 1.95. The number of alkyl halides is 4. The summed E-state index contributed by atoms with van der Waals surface area (Å²) in [5.74, 6) is 0. The molecule has 1 rings (SSSR count). The second-order valence-electron chi connectivity index (χ2n) is 2.48. The molecular weight excluding hydrogens is 191 g/mol. The smallest absolute Gasteiger partial charge is 0.361 e. The van der Waals surface area contributed by atoms with Gasteiger partial charge in [-0.2, -0.15) is 13.2 Å². The van der Waals surface area contributed by atoms with Gasteiger partial charge in [-0.3, -0.25) is 0 Å². The molecule has 1 aliphatic heterocycles. The number of hydrogen-bond donors (Lipinski definition) is 0. The van der Waals surface area contributed by atoms with Crippen LogP contribution >= 0.6 is 11.6 Å². The van der Waals surface area contributed by atoms with Gasteiger partial charge in [0, 0.05) is 13.2 Å². The zero-order valence-corrected chi connectivity index (χ0v) is 7.02. The zero-order valence-electron chi connectivity index (χ0n) is 6.27. The van der Waals surface area contributed by atoms with Crippen molar-refractivity contribution in [2.45, 2.75) is 11.7 Å². The molecule has 0 aromatic rings. The fourth-order valence-electron chi connectivity index (χ4n) is 0.820. The van der Waals surface area contributed by atoms with Crippen molar-refractivity contribution in [2.75, 3.05) is 7.05 Å². The van der Waals surface area contributed by atoms with E-state index in [1.165, 1.54) is 18.0 Å². The van der Waals surface area contributed by atoms with Crippen molar-refractivity contribution < 1.29 is 13.2 Å². The Bertz CT molecular complexity index is 231. The Morgan fingerprint density at radius 2 is 2.08 bits per heavy atom. The number of allylic oxidation sites excluding steroid dienone is 2. The molecule has 5 heteroatoms. The Labute approximate surface area is 73.1 Å². The lowest BCUT2D eigenvalue weighted by atomic mass is 10.2. The van der Waals surface area contributed by atoms with E-state index >= 15 is 0 Å². The first-order valence-electron chi connectivity index (χ1n) is 3.24. The lowest BCUT2D eigenvalue weighted by molar-refractivity contribution is -0.0895. The van der Waals surface area contributed by atoms with Crippen LogP contribution in [0.2, 0.25) is 0 Å². The molecule has 0 saturated heterocycles. The number of nitrogens with zero attached hydrogens (tertiary/aromatic N) is 1. The molecule has 0 aromatic heterocycles. The molecule has 1 heterocycles. The van der Waals surface area contributed by atoms with Gasteiger partial charge in [-0.1, -0.05) is 11.6 Å². The van der Waals surface area contributed by atoms with Crippen molar-refractivity contribution >= 4 is 11.6 Å². The molecule has 1 atom stereocenters. The SMILES string of the molecule is CN1C=C(C(F)(F)F)C=CC1Cl. The lowest BCUT2D eigenvalue weighted by Crippen LogP contribution is -2.25. The molecular formula is C7H7ClF3N. The van der Waals surface area contributed by atoms with Crippen LogP contribution in [0.5, 0.6) is 0 Å². The topological polar surface area (TPSA) is 3.24 Å². The molecule has 0 N–H and O–H groups in total. The molecule has 0 aliphatic carbocycles. The van der Waals surface area contributed by atoms with Gasteiger partial charge in [0.05, 0.1) is 5.57 Å². The minimum atomic E-state index is -4.29. The second kappa shape index (κ2) is 3.01. The fourth-order valence-corrected chi connectivity index (χ4v) is 0.949. The van der Waals surface area contributed by atoms with Crippen LogP contribution in [0.4, 0.5) is 13.2 Å². The minimum Gasteiger partial charge on any atom is -0.361 e. The first-order valence-corrected chi connectivity index (χ1v) is 3.68. The van der Waals surface area contributed by atoms with Crippen LogP contribution in [-0.4, -0.2) is 23.6 Å². The predicted octanol–water partition coefficient (Wildman–Crippen LogP) is 2.50. The van der Waals surface area contributed by atoms with E-state index in [1.54, 1.807) is 0 Å². The molecule has 0 saturated carbocycles. The van der Waals surface area contributed by atoms with Gasteiger partial charge in [0.15, 0.2) is 0 Å². The summed E-state index contributed by atoms with van der Waals surface area (Å²) in [6.45, 7) is 0. The lowest BCUT2D eigenvalue weighted by Gasteiger charge is -2.23. The molecule has 0 fully saturated rings. The molecule has 1 aliphatic rings. The Hall–Kier alpha value is -0.640. The standard InChI is InChI=1S/C7H7ClF3N/c1-12-4-5(7(9,10)11)2-3-6(12)8/h2-4,6H,1H3. The predicted molar refractivity (Wildman–Crippen MR) is 40.7 cm³/mol. The first kappa shape index (κ1) is 9.45. The maximum atomic E-state index is 12.1. The maximum Gasteiger partial charge on any atom is 0.417 e. The minimum absolute atomic E-state index is 0.490. The molecule has 0 aromatic carbocycles. The van der Waals surface area contributed by atoms with Gasteiger partial charge in [-0.25, -0.2) is 0 Å². The monoisotopic (exact) mass is 197 g/mol. The van der Waals surface area contributed by atoms with Crippen molar-refractivity contribution in [2.24, 2.45) is 0 Å². The summed E-state index contributed by atoms with van der Waals surface area (Å²) < 4.78 is 36.2. The van der Waals surface area contributed by atoms with Gasteiger partial charge in [0.1, 0.15) is 5.50 Å². The number of likely N-dealkylation sites (N-methyl/N-ethyl adjacent to an activating group) is 1. The van der Waals surface area contributed by atoms with E-state index in [0.29, 0.717) is 0 Å². The highest BCUT2D eigenvalue weighted by Crippen LogP contribution is 2.29. The summed E-state index contributed by atoms with van der Waals surface area (Å²) in [5.41, 5.74) is -1.17. The average molecular weight is 198 g/mol. The summed E-state index contributed by atoms with van der Waals surface area (Å²) in [4.78, 5) is 1.30. The van der Waals surface area contributed by atoms with Crippen LogP contribution in [0.1, 0.15) is 0 Å². The van der Waals surface area contributed by atoms with Crippen molar-refractivity contribution in [1.29, 1.82) is 0 Å². The average Bonchev–Trinajstić information content (AvgIpc) is 1.92. The van der Waals surface area contributed by atoms with E-state index in [9.17, 15) is 13.2 Å². The van der Waals surface area contributed by atoms with Gasteiger partial charge in [-0.15, -0.1) is 0 Å². The van der Waals surface area contributed by atoms with Crippen LogP contribution in [-0.2, 0) is 0 Å². The molecule has 1 unspecified atom stereocenters. The number of hydrogen-bond acceptors (Lipinski definition) is 1. The van der Waals surface area contributed by atoms with Crippen LogP contribution in [0.3, 0.4) is 0 Å². The zero-order chi connectivity index (χ0) is 9.35. The summed E-state index contributed by atoms with van der Waals surface area (Å²) in [6, 6.07) is 0. The van der Waals surface area contributed by atoms with E-state index in [0.717, 1.165) is 12.3 Å². The number of halogens is 4. The fraction of sp³-hybridized carbons (Fsp3) is 0.429. The van der Waals surface area contributed by atoms with E-state index in [-0.39, 0.29) is 0 Å². The van der Waals surface area contributed by atoms with Gasteiger partial charge in [-0.05, 0) is 12.2 Å². The van der Waals surface area contributed by atoms with Crippen LogP contribution < -0.4 is 0 Å². The summed E-state index contributed by atoms with van der Waals surface area (Å²) in [6.07, 6.45) is -1.03. The van der Waals surface area contributed by atoms with Crippen LogP contribution in [0.25, 0.3) is 0 Å². The quantitative estimate of drug-likeness (QED) is 0.426. The van der Waals surface area contributed by atoms with Gasteiger partial charge in [0.25, 0.3) is 0 Å². The molecule has 0 radical (unpaired) electrons. The molecule has 12 heavy (non-hydrogen) atoms. The van der Waals surface area contributed by atoms with Crippen molar-refractivity contribution in [1.82, 2.24) is 4.90 Å². The van der Waals surface area contributed by atoms with Crippen molar-refractivity contribution in [3.05, 3.63) is 23.9 Å². The Kier molecular flexibility index (Phi) is 2.37. The summed E-state index contributed by atoms with van der Waals surface area (Å²) in [7, 11) is 1.49. The van der Waals surface area contributed by atoms with E-state index in [2.05, 4.69) is 0 Å². The van der Waals surface area contributed by atoms with Crippen molar-refractivity contribution in [3.63, 3.8) is 0 Å². The third kappa shape index (κ3) is 1.94. The Balaban J connectivity index is 2.84.